The zero-order valence-corrected chi connectivity index (χ0v) is 12.6. The third-order valence-corrected chi connectivity index (χ3v) is 4.80. The molecule has 3 N–H and O–H groups in total. The Morgan fingerprint density at radius 1 is 1.42 bits per heavy atom. The predicted octanol–water partition coefficient (Wildman–Crippen LogP) is 1.69. The van der Waals surface area contributed by atoms with Crippen molar-refractivity contribution in [3.63, 3.8) is 0 Å². The minimum Gasteiger partial charge on any atom is -0.442 e. The van der Waals surface area contributed by atoms with Gasteiger partial charge in [-0.3, -0.25) is 0 Å². The molecule has 1 aromatic rings. The molecule has 1 saturated heterocycles. The van der Waals surface area contributed by atoms with Crippen molar-refractivity contribution in [2.24, 2.45) is 16.8 Å². The molecule has 24 heavy (non-hydrogen) atoms. The molecular weight excluding hydrogens is 325 g/mol. The average molecular weight is 340 g/mol. The minimum absolute atomic E-state index is 0.129. The van der Waals surface area contributed by atoms with E-state index in [-0.39, 0.29) is 35.0 Å². The van der Waals surface area contributed by atoms with Crippen LogP contribution in [0.15, 0.2) is 23.3 Å². The first-order chi connectivity index (χ1) is 11.3. The van der Waals surface area contributed by atoms with Crippen molar-refractivity contribution in [1.29, 1.82) is 0 Å². The number of hydrogen-bond donors (Lipinski definition) is 2. The molecule has 2 fully saturated rings. The molecule has 4 rings (SSSR count). The highest BCUT2D eigenvalue weighted by Crippen LogP contribution is 2.50. The molecule has 0 radical (unpaired) electrons. The van der Waals surface area contributed by atoms with Gasteiger partial charge in [0.05, 0.1) is 5.56 Å². The summed E-state index contributed by atoms with van der Waals surface area (Å²) in [4.78, 5) is 12.6. The third-order valence-electron chi connectivity index (χ3n) is 4.80. The number of cyclic esters (lactones) is 1. The summed E-state index contributed by atoms with van der Waals surface area (Å²) in [6.45, 7) is 0.805. The Hall–Kier alpha value is -2.29. The van der Waals surface area contributed by atoms with Gasteiger partial charge in [0.25, 0.3) is 0 Å². The molecular formula is C15H15F3N4O2. The average Bonchev–Trinajstić information content (AvgIpc) is 3.04. The molecule has 9 heteroatoms. The van der Waals surface area contributed by atoms with Crippen LogP contribution in [0.2, 0.25) is 0 Å². The van der Waals surface area contributed by atoms with Crippen LogP contribution in [0, 0.1) is 5.92 Å². The topological polar surface area (TPSA) is 80.0 Å². The molecule has 1 amide bonds. The van der Waals surface area contributed by atoms with Crippen LogP contribution >= 0.6 is 0 Å². The van der Waals surface area contributed by atoms with E-state index >= 15 is 0 Å². The molecule has 6 nitrogen and oxygen atoms in total. The summed E-state index contributed by atoms with van der Waals surface area (Å²) < 4.78 is 45.3. The highest BCUT2D eigenvalue weighted by atomic mass is 19.4. The second-order valence-electron chi connectivity index (χ2n) is 6.49. The van der Waals surface area contributed by atoms with E-state index in [0.29, 0.717) is 13.1 Å². The van der Waals surface area contributed by atoms with E-state index in [1.807, 2.05) is 0 Å². The molecule has 1 saturated carbocycles. The monoisotopic (exact) mass is 340 g/mol. The molecule has 1 aliphatic carbocycles. The van der Waals surface area contributed by atoms with E-state index in [2.05, 4.69) is 10.5 Å². The van der Waals surface area contributed by atoms with Gasteiger partial charge in [-0.1, -0.05) is 6.07 Å². The van der Waals surface area contributed by atoms with Crippen molar-refractivity contribution >= 4 is 17.5 Å². The number of fused-ring (bicyclic) bond motifs is 1. The number of rotatable bonds is 2. The first-order valence-electron chi connectivity index (χ1n) is 7.51. The lowest BCUT2D eigenvalue weighted by Gasteiger charge is -2.26. The maximum absolute atomic E-state index is 13.5. The molecule has 2 aliphatic heterocycles. The Morgan fingerprint density at radius 2 is 2.21 bits per heavy atom. The van der Waals surface area contributed by atoms with E-state index in [9.17, 15) is 18.0 Å². The predicted molar refractivity (Wildman–Crippen MR) is 79.7 cm³/mol. The van der Waals surface area contributed by atoms with Gasteiger partial charge in [0.15, 0.2) is 0 Å². The second kappa shape index (κ2) is 4.85. The number of hydrazone groups is 1. The fraction of sp³-hybridized carbons (Fsp3) is 0.467. The Labute approximate surface area is 135 Å². The molecule has 0 aromatic heterocycles. The van der Waals surface area contributed by atoms with Crippen LogP contribution in [0.5, 0.6) is 0 Å². The van der Waals surface area contributed by atoms with Crippen LogP contribution in [0.3, 0.4) is 0 Å². The molecule has 2 unspecified atom stereocenters. The number of nitrogens with zero attached hydrogens (tertiary/aromatic N) is 2. The summed E-state index contributed by atoms with van der Waals surface area (Å²) in [5.74, 6) is 0.268. The Balaban J connectivity index is 1.69. The molecule has 0 bridgehead atoms. The number of benzene rings is 1. The van der Waals surface area contributed by atoms with E-state index < -0.39 is 17.8 Å². The Kier molecular flexibility index (Phi) is 3.08. The number of piperidine rings is 1. The lowest BCUT2D eigenvalue weighted by molar-refractivity contribution is -0.137. The van der Waals surface area contributed by atoms with Crippen LogP contribution in [-0.2, 0) is 10.9 Å². The van der Waals surface area contributed by atoms with Crippen LogP contribution < -0.4 is 16.1 Å². The lowest BCUT2D eigenvalue weighted by Crippen LogP contribution is -2.34. The number of nitrogens with one attached hydrogen (secondary N) is 1. The fourth-order valence-electron chi connectivity index (χ4n) is 3.39. The zero-order valence-electron chi connectivity index (χ0n) is 12.6. The van der Waals surface area contributed by atoms with Gasteiger partial charge in [-0.15, -0.1) is 0 Å². The third kappa shape index (κ3) is 2.48. The Morgan fingerprint density at radius 3 is 2.79 bits per heavy atom. The number of alkyl halides is 3. The SMILES string of the molecule is NC12CC1CN(c1ccc(C3=NNC(=O)OC3)cc1C(F)(F)F)C2. The Bertz CT molecular complexity index is 749. The van der Waals surface area contributed by atoms with Crippen LogP contribution in [0.25, 0.3) is 0 Å². The molecule has 0 spiro atoms. The van der Waals surface area contributed by atoms with Gasteiger partial charge in [0, 0.05) is 29.9 Å². The molecule has 128 valence electrons. The standard InChI is InChI=1S/C15H15F3N4O2/c16-15(17,18)10-3-8(11-6-24-13(23)21-20-11)1-2-12(10)22-5-9-4-14(9,19)7-22/h1-3,9H,4-7,19H2,(H,21,23). The quantitative estimate of drug-likeness (QED) is 0.859. The van der Waals surface area contributed by atoms with Gasteiger partial charge in [0.1, 0.15) is 12.3 Å². The van der Waals surface area contributed by atoms with Gasteiger partial charge in [-0.05, 0) is 24.5 Å². The number of carbonyl (C=O) groups is 1. The molecule has 2 heterocycles. The normalized spacial score (nSPS) is 28.8. The number of nitrogens with two attached hydrogens (primary N) is 1. The zero-order chi connectivity index (χ0) is 17.1. The van der Waals surface area contributed by atoms with E-state index in [1.54, 1.807) is 11.0 Å². The number of hydrogen-bond acceptors (Lipinski definition) is 5. The number of halogens is 3. The summed E-state index contributed by atoms with van der Waals surface area (Å²) >= 11 is 0. The van der Waals surface area contributed by atoms with Crippen LogP contribution in [0.4, 0.5) is 23.7 Å². The summed E-state index contributed by atoms with van der Waals surface area (Å²) in [6.07, 6.45) is -4.35. The number of amides is 1. The summed E-state index contributed by atoms with van der Waals surface area (Å²) in [5.41, 5.74) is 7.75. The number of carbonyl (C=O) groups excluding carboxylic acids is 1. The van der Waals surface area contributed by atoms with Crippen molar-refractivity contribution in [1.82, 2.24) is 5.43 Å². The molecule has 3 aliphatic rings. The number of anilines is 1. The lowest BCUT2D eigenvalue weighted by atomic mass is 10.0. The van der Waals surface area contributed by atoms with Crippen molar-refractivity contribution in [3.8, 4) is 0 Å². The maximum atomic E-state index is 13.5. The second-order valence-corrected chi connectivity index (χ2v) is 6.49. The summed E-state index contributed by atoms with van der Waals surface area (Å²) in [5, 5.41) is 3.75. The van der Waals surface area contributed by atoms with Crippen molar-refractivity contribution in [2.45, 2.75) is 18.1 Å². The van der Waals surface area contributed by atoms with Crippen molar-refractivity contribution in [3.05, 3.63) is 29.3 Å². The molecule has 1 aromatic carbocycles. The summed E-state index contributed by atoms with van der Waals surface area (Å²) in [7, 11) is 0. The van der Waals surface area contributed by atoms with Crippen LogP contribution in [-0.4, -0.2) is 37.0 Å². The van der Waals surface area contributed by atoms with Gasteiger partial charge in [0.2, 0.25) is 0 Å². The van der Waals surface area contributed by atoms with Gasteiger partial charge in [-0.2, -0.15) is 18.3 Å². The first-order valence-corrected chi connectivity index (χ1v) is 7.51. The van der Waals surface area contributed by atoms with Crippen LogP contribution in [0.1, 0.15) is 17.5 Å². The van der Waals surface area contributed by atoms with Crippen molar-refractivity contribution < 1.29 is 22.7 Å². The van der Waals surface area contributed by atoms with E-state index in [4.69, 9.17) is 10.5 Å². The highest BCUT2D eigenvalue weighted by molar-refractivity contribution is 6.04. The number of ether oxygens (including phenoxy) is 1. The van der Waals surface area contributed by atoms with Crippen molar-refractivity contribution in [2.75, 3.05) is 24.6 Å². The fourth-order valence-corrected chi connectivity index (χ4v) is 3.39. The maximum Gasteiger partial charge on any atom is 0.428 e. The van der Waals surface area contributed by atoms with E-state index in [1.165, 1.54) is 6.07 Å². The summed E-state index contributed by atoms with van der Waals surface area (Å²) in [6, 6.07) is 4.03. The molecule has 2 atom stereocenters. The first kappa shape index (κ1) is 15.3. The smallest absolute Gasteiger partial charge is 0.428 e. The van der Waals surface area contributed by atoms with E-state index in [0.717, 1.165) is 12.5 Å². The van der Waals surface area contributed by atoms with Gasteiger partial charge < -0.3 is 15.4 Å². The largest absolute Gasteiger partial charge is 0.442 e. The minimum atomic E-state index is -4.50. The highest BCUT2D eigenvalue weighted by Gasteiger charge is 2.57. The van der Waals surface area contributed by atoms with Gasteiger partial charge >= 0.3 is 12.3 Å². The van der Waals surface area contributed by atoms with Gasteiger partial charge in [-0.25, -0.2) is 10.2 Å².